The first-order valence-electron chi connectivity index (χ1n) is 8.98. The molecule has 1 N–H and O–H groups in total. The van der Waals surface area contributed by atoms with Crippen LogP contribution >= 0.6 is 0 Å². The highest BCUT2D eigenvalue weighted by atomic mass is 16.5. The fraction of sp³-hybridized carbons (Fsp3) is 0.190. The van der Waals surface area contributed by atoms with Crippen molar-refractivity contribution in [2.24, 2.45) is 0 Å². The van der Waals surface area contributed by atoms with E-state index in [0.717, 1.165) is 5.75 Å². The Balaban J connectivity index is 1.87. The number of nitrogens with zero attached hydrogens (tertiary/aromatic N) is 2. The van der Waals surface area contributed by atoms with Gasteiger partial charge in [-0.15, -0.1) is 0 Å². The van der Waals surface area contributed by atoms with Gasteiger partial charge in [0.25, 0.3) is 5.91 Å². The van der Waals surface area contributed by atoms with Gasteiger partial charge in [-0.1, -0.05) is 12.1 Å². The zero-order chi connectivity index (χ0) is 19.9. The maximum Gasteiger partial charge on any atom is 0.280 e. The molecule has 0 atom stereocenters. The fourth-order valence-corrected chi connectivity index (χ4v) is 2.60. The van der Waals surface area contributed by atoms with Crippen molar-refractivity contribution in [2.75, 3.05) is 18.5 Å². The van der Waals surface area contributed by atoms with Crippen LogP contribution in [0.3, 0.4) is 0 Å². The topological polar surface area (TPSA) is 82.5 Å². The van der Waals surface area contributed by atoms with Gasteiger partial charge in [0.05, 0.1) is 24.6 Å². The number of hydrogen-bond donors (Lipinski definition) is 1. The highest BCUT2D eigenvalue weighted by molar-refractivity contribution is 6.03. The molecule has 3 aromatic rings. The van der Waals surface area contributed by atoms with Crippen molar-refractivity contribution in [3.8, 4) is 17.2 Å². The zero-order valence-corrected chi connectivity index (χ0v) is 15.7. The van der Waals surface area contributed by atoms with E-state index in [2.05, 4.69) is 10.4 Å². The Kier molecular flexibility index (Phi) is 6.06. The van der Waals surface area contributed by atoms with E-state index in [1.807, 2.05) is 13.8 Å². The fourth-order valence-electron chi connectivity index (χ4n) is 2.60. The second kappa shape index (κ2) is 8.85. The number of hydrogen-bond acceptors (Lipinski definition) is 5. The Hall–Kier alpha value is -3.61. The second-order valence-electron chi connectivity index (χ2n) is 5.78. The van der Waals surface area contributed by atoms with E-state index in [9.17, 15) is 9.59 Å². The van der Waals surface area contributed by atoms with Crippen molar-refractivity contribution in [3.63, 3.8) is 0 Å². The number of amides is 1. The van der Waals surface area contributed by atoms with Gasteiger partial charge in [0.15, 0.2) is 5.69 Å². The summed E-state index contributed by atoms with van der Waals surface area (Å²) in [7, 11) is 0. The molecule has 1 aromatic heterocycles. The zero-order valence-electron chi connectivity index (χ0n) is 15.7. The number of benzene rings is 2. The SMILES string of the molecule is CCOc1ccc(-n2ccc(=O)c(C(=O)Nc3ccccc3OCC)n2)cc1. The minimum atomic E-state index is -0.600. The Bertz CT molecular complexity index is 1010. The molecule has 0 bridgehead atoms. The monoisotopic (exact) mass is 379 g/mol. The molecule has 0 saturated heterocycles. The molecule has 1 heterocycles. The minimum Gasteiger partial charge on any atom is -0.494 e. The van der Waals surface area contributed by atoms with Gasteiger partial charge in [-0.2, -0.15) is 5.10 Å². The highest BCUT2D eigenvalue weighted by Gasteiger charge is 2.15. The predicted octanol–water partition coefficient (Wildman–Crippen LogP) is 3.28. The van der Waals surface area contributed by atoms with E-state index in [1.54, 1.807) is 48.5 Å². The minimum absolute atomic E-state index is 0.206. The third-order valence-corrected chi connectivity index (χ3v) is 3.87. The maximum atomic E-state index is 12.7. The van der Waals surface area contributed by atoms with Crippen LogP contribution in [0.4, 0.5) is 5.69 Å². The van der Waals surface area contributed by atoms with Crippen molar-refractivity contribution >= 4 is 11.6 Å². The lowest BCUT2D eigenvalue weighted by molar-refractivity contribution is 0.101. The van der Waals surface area contributed by atoms with Crippen LogP contribution in [-0.4, -0.2) is 28.9 Å². The molecular formula is C21H21N3O4. The second-order valence-corrected chi connectivity index (χ2v) is 5.78. The molecule has 0 aliphatic rings. The van der Waals surface area contributed by atoms with Gasteiger partial charge >= 0.3 is 0 Å². The van der Waals surface area contributed by atoms with Gasteiger partial charge in [-0.25, -0.2) is 4.68 Å². The van der Waals surface area contributed by atoms with E-state index in [4.69, 9.17) is 9.47 Å². The summed E-state index contributed by atoms with van der Waals surface area (Å²) in [6.45, 7) is 4.79. The first-order chi connectivity index (χ1) is 13.6. The lowest BCUT2D eigenvalue weighted by atomic mass is 10.2. The Morgan fingerprint density at radius 1 is 1.00 bits per heavy atom. The summed E-state index contributed by atoms with van der Waals surface area (Å²) in [5, 5.41) is 6.90. The number of carbonyl (C=O) groups is 1. The maximum absolute atomic E-state index is 12.7. The molecule has 0 aliphatic heterocycles. The first kappa shape index (κ1) is 19.2. The average Bonchev–Trinajstić information content (AvgIpc) is 2.71. The van der Waals surface area contributed by atoms with E-state index >= 15 is 0 Å². The Morgan fingerprint density at radius 3 is 2.43 bits per heavy atom. The molecule has 0 spiro atoms. The number of nitrogens with one attached hydrogen (secondary N) is 1. The summed E-state index contributed by atoms with van der Waals surface area (Å²) in [6, 6.07) is 15.5. The average molecular weight is 379 g/mol. The molecule has 144 valence electrons. The Labute approximate surface area is 162 Å². The number of para-hydroxylation sites is 2. The molecule has 28 heavy (non-hydrogen) atoms. The van der Waals surface area contributed by atoms with Gasteiger partial charge in [0, 0.05) is 12.3 Å². The standard InChI is InChI=1S/C21H21N3O4/c1-3-27-16-11-9-15(10-12-16)24-14-13-18(25)20(23-24)21(26)22-17-7-5-6-8-19(17)28-4-2/h5-14H,3-4H2,1-2H3,(H,22,26). The molecule has 0 aliphatic carbocycles. The van der Waals surface area contributed by atoms with Crippen molar-refractivity contribution in [1.82, 2.24) is 9.78 Å². The molecule has 0 unspecified atom stereocenters. The van der Waals surface area contributed by atoms with Gasteiger partial charge in [0.2, 0.25) is 5.43 Å². The van der Waals surface area contributed by atoms with Crippen molar-refractivity contribution < 1.29 is 14.3 Å². The van der Waals surface area contributed by atoms with Gasteiger partial charge < -0.3 is 14.8 Å². The van der Waals surface area contributed by atoms with Crippen LogP contribution in [0.25, 0.3) is 5.69 Å². The number of aromatic nitrogens is 2. The lowest BCUT2D eigenvalue weighted by Gasteiger charge is -2.12. The van der Waals surface area contributed by atoms with Gasteiger partial charge in [-0.3, -0.25) is 9.59 Å². The predicted molar refractivity (Wildman–Crippen MR) is 107 cm³/mol. The van der Waals surface area contributed by atoms with E-state index < -0.39 is 11.3 Å². The molecule has 0 saturated carbocycles. The summed E-state index contributed by atoms with van der Waals surface area (Å²) in [4.78, 5) is 24.8. The van der Waals surface area contributed by atoms with Crippen LogP contribution in [0.15, 0.2) is 65.6 Å². The van der Waals surface area contributed by atoms with E-state index in [0.29, 0.717) is 30.3 Å². The number of rotatable bonds is 7. The highest BCUT2D eigenvalue weighted by Crippen LogP contribution is 2.24. The molecular weight excluding hydrogens is 358 g/mol. The molecule has 2 aromatic carbocycles. The van der Waals surface area contributed by atoms with Crippen LogP contribution in [0.1, 0.15) is 24.3 Å². The molecule has 0 radical (unpaired) electrons. The van der Waals surface area contributed by atoms with Gasteiger partial charge in [0.1, 0.15) is 11.5 Å². The summed E-state index contributed by atoms with van der Waals surface area (Å²) in [5.41, 5.74) is 0.510. The quantitative estimate of drug-likeness (QED) is 0.681. The van der Waals surface area contributed by atoms with Crippen LogP contribution < -0.4 is 20.2 Å². The van der Waals surface area contributed by atoms with Crippen molar-refractivity contribution in [1.29, 1.82) is 0 Å². The summed E-state index contributed by atoms with van der Waals surface area (Å²) >= 11 is 0. The summed E-state index contributed by atoms with van der Waals surface area (Å²) in [5.74, 6) is 0.663. The van der Waals surface area contributed by atoms with Gasteiger partial charge in [-0.05, 0) is 50.2 Å². The van der Waals surface area contributed by atoms with Crippen LogP contribution in [0.2, 0.25) is 0 Å². The molecule has 1 amide bonds. The lowest BCUT2D eigenvalue weighted by Crippen LogP contribution is -2.25. The normalized spacial score (nSPS) is 10.4. The number of ether oxygens (including phenoxy) is 2. The van der Waals surface area contributed by atoms with Crippen LogP contribution in [-0.2, 0) is 0 Å². The third kappa shape index (κ3) is 4.37. The molecule has 0 fully saturated rings. The summed E-state index contributed by atoms with van der Waals surface area (Å²) in [6.07, 6.45) is 1.52. The van der Waals surface area contributed by atoms with Crippen molar-refractivity contribution in [2.45, 2.75) is 13.8 Å². The number of carbonyl (C=O) groups excluding carboxylic acids is 1. The molecule has 7 nitrogen and oxygen atoms in total. The smallest absolute Gasteiger partial charge is 0.280 e. The van der Waals surface area contributed by atoms with E-state index in [-0.39, 0.29) is 5.69 Å². The number of anilines is 1. The summed E-state index contributed by atoms with van der Waals surface area (Å²) < 4.78 is 12.4. The van der Waals surface area contributed by atoms with Crippen LogP contribution in [0.5, 0.6) is 11.5 Å². The first-order valence-corrected chi connectivity index (χ1v) is 8.98. The van der Waals surface area contributed by atoms with E-state index in [1.165, 1.54) is 16.9 Å². The third-order valence-electron chi connectivity index (χ3n) is 3.87. The molecule has 3 rings (SSSR count). The molecule has 7 heteroatoms. The van der Waals surface area contributed by atoms with Crippen molar-refractivity contribution in [3.05, 3.63) is 76.7 Å². The Morgan fingerprint density at radius 2 is 1.71 bits per heavy atom. The van der Waals surface area contributed by atoms with Crippen LogP contribution in [0, 0.1) is 0 Å². The largest absolute Gasteiger partial charge is 0.494 e.